The molecule has 1 aliphatic rings. The summed E-state index contributed by atoms with van der Waals surface area (Å²) >= 11 is 0. The van der Waals surface area contributed by atoms with E-state index < -0.39 is 18.3 Å². The van der Waals surface area contributed by atoms with Gasteiger partial charge in [-0.15, -0.1) is 0 Å². The van der Waals surface area contributed by atoms with Crippen molar-refractivity contribution in [1.29, 1.82) is 0 Å². The van der Waals surface area contributed by atoms with E-state index in [0.717, 1.165) is 22.3 Å². The summed E-state index contributed by atoms with van der Waals surface area (Å²) in [7, 11) is -0.528. The molecule has 0 aliphatic carbocycles. The summed E-state index contributed by atoms with van der Waals surface area (Å²) in [6.45, 7) is 10.3. The fourth-order valence-corrected chi connectivity index (χ4v) is 3.17. The third-order valence-corrected chi connectivity index (χ3v) is 5.54. The molecule has 1 fully saturated rings. The van der Waals surface area contributed by atoms with Gasteiger partial charge in [0, 0.05) is 18.8 Å². The summed E-state index contributed by atoms with van der Waals surface area (Å²) in [6.07, 6.45) is 0.553. The van der Waals surface area contributed by atoms with E-state index in [-0.39, 0.29) is 5.97 Å². The first kappa shape index (κ1) is 21.4. The topological polar surface area (TPSA) is 54.0 Å². The van der Waals surface area contributed by atoms with Crippen molar-refractivity contribution in [2.75, 3.05) is 6.61 Å². The summed E-state index contributed by atoms with van der Waals surface area (Å²) in [4.78, 5) is 11.2. The van der Waals surface area contributed by atoms with Crippen LogP contribution in [0.5, 0.6) is 5.75 Å². The van der Waals surface area contributed by atoms with Crippen LogP contribution in [0.25, 0.3) is 0 Å². The van der Waals surface area contributed by atoms with E-state index >= 15 is 0 Å². The molecule has 0 radical (unpaired) electrons. The first-order valence-electron chi connectivity index (χ1n) is 9.97. The molecule has 2 aromatic rings. The van der Waals surface area contributed by atoms with Crippen molar-refractivity contribution in [2.45, 2.75) is 58.8 Å². The maximum Gasteiger partial charge on any atom is 0.498 e. The van der Waals surface area contributed by atoms with Gasteiger partial charge >= 0.3 is 13.1 Å². The summed E-state index contributed by atoms with van der Waals surface area (Å²) in [6, 6.07) is 15.9. The molecule has 0 spiro atoms. The maximum atomic E-state index is 11.2. The van der Waals surface area contributed by atoms with Gasteiger partial charge < -0.3 is 18.8 Å². The van der Waals surface area contributed by atoms with Crippen molar-refractivity contribution < 1.29 is 23.6 Å². The lowest BCUT2D eigenvalue weighted by atomic mass is 9.77. The predicted molar refractivity (Wildman–Crippen MR) is 113 cm³/mol. The highest BCUT2D eigenvalue weighted by molar-refractivity contribution is 6.63. The molecule has 0 aromatic heterocycles. The molecule has 0 saturated carbocycles. The first-order chi connectivity index (χ1) is 13.7. The summed E-state index contributed by atoms with van der Waals surface area (Å²) in [5.41, 5.74) is 1.99. The Morgan fingerprint density at radius 1 is 0.966 bits per heavy atom. The summed E-state index contributed by atoms with van der Waals surface area (Å²) in [5.74, 6) is 0.431. The molecule has 154 valence electrons. The lowest BCUT2D eigenvalue weighted by Crippen LogP contribution is -2.41. The van der Waals surface area contributed by atoms with E-state index in [4.69, 9.17) is 18.8 Å². The fourth-order valence-electron chi connectivity index (χ4n) is 3.17. The van der Waals surface area contributed by atoms with Gasteiger partial charge in [-0.1, -0.05) is 48.5 Å². The summed E-state index contributed by atoms with van der Waals surface area (Å²) < 4.78 is 23.9. The van der Waals surface area contributed by atoms with Crippen molar-refractivity contribution in [1.82, 2.24) is 0 Å². The molecule has 2 aromatic carbocycles. The fraction of sp³-hybridized carbons (Fsp3) is 0.435. The van der Waals surface area contributed by atoms with E-state index in [2.05, 4.69) is 0 Å². The van der Waals surface area contributed by atoms with Gasteiger partial charge in [-0.2, -0.15) is 0 Å². The Morgan fingerprint density at radius 2 is 1.62 bits per heavy atom. The van der Waals surface area contributed by atoms with E-state index in [1.165, 1.54) is 6.92 Å². The van der Waals surface area contributed by atoms with Crippen molar-refractivity contribution in [3.63, 3.8) is 0 Å². The van der Waals surface area contributed by atoms with Crippen LogP contribution in [-0.4, -0.2) is 30.9 Å². The zero-order chi connectivity index (χ0) is 21.1. The first-order valence-corrected chi connectivity index (χ1v) is 9.97. The van der Waals surface area contributed by atoms with Crippen molar-refractivity contribution in [2.24, 2.45) is 0 Å². The SMILES string of the molecule is CC(=O)OCCc1cccc(B2OC(C)(C)C(C)(C)O2)c1OCc1ccccc1. The minimum Gasteiger partial charge on any atom is -0.489 e. The van der Waals surface area contributed by atoms with Gasteiger partial charge in [0.2, 0.25) is 0 Å². The van der Waals surface area contributed by atoms with E-state index in [1.54, 1.807) is 0 Å². The largest absolute Gasteiger partial charge is 0.498 e. The smallest absolute Gasteiger partial charge is 0.489 e. The van der Waals surface area contributed by atoms with Gasteiger partial charge in [-0.05, 0) is 38.8 Å². The quantitative estimate of drug-likeness (QED) is 0.528. The lowest BCUT2D eigenvalue weighted by molar-refractivity contribution is -0.140. The van der Waals surface area contributed by atoms with E-state index in [9.17, 15) is 4.79 Å². The predicted octanol–water partition coefficient (Wildman–Crippen LogP) is 3.67. The van der Waals surface area contributed by atoms with Crippen LogP contribution in [-0.2, 0) is 31.9 Å². The molecule has 5 nitrogen and oxygen atoms in total. The Morgan fingerprint density at radius 3 is 2.24 bits per heavy atom. The second kappa shape index (κ2) is 8.60. The van der Waals surface area contributed by atoms with Crippen LogP contribution >= 0.6 is 0 Å². The van der Waals surface area contributed by atoms with Gasteiger partial charge in [0.25, 0.3) is 0 Å². The highest BCUT2D eigenvalue weighted by atomic mass is 16.7. The number of hydrogen-bond acceptors (Lipinski definition) is 5. The normalized spacial score (nSPS) is 17.2. The highest BCUT2D eigenvalue weighted by Crippen LogP contribution is 2.37. The Bertz CT molecular complexity index is 832. The molecule has 6 heteroatoms. The van der Waals surface area contributed by atoms with Crippen molar-refractivity contribution >= 4 is 18.6 Å². The monoisotopic (exact) mass is 396 g/mol. The second-order valence-corrected chi connectivity index (χ2v) is 8.29. The molecule has 1 aliphatic heterocycles. The molecular formula is C23H29BO5. The Kier molecular flexibility index (Phi) is 6.34. The van der Waals surface area contributed by atoms with Crippen LogP contribution in [0.15, 0.2) is 48.5 Å². The molecule has 1 heterocycles. The third kappa shape index (κ3) is 5.00. The number of benzene rings is 2. The minimum absolute atomic E-state index is 0.293. The second-order valence-electron chi connectivity index (χ2n) is 8.29. The van der Waals surface area contributed by atoms with Crippen molar-refractivity contribution in [3.8, 4) is 5.75 Å². The van der Waals surface area contributed by atoms with Crippen LogP contribution in [0.4, 0.5) is 0 Å². The van der Waals surface area contributed by atoms with Gasteiger partial charge in [-0.25, -0.2) is 0 Å². The zero-order valence-electron chi connectivity index (χ0n) is 17.9. The number of carbonyl (C=O) groups excluding carboxylic acids is 1. The summed E-state index contributed by atoms with van der Waals surface area (Å²) in [5, 5.41) is 0. The van der Waals surface area contributed by atoms with Crippen LogP contribution in [0, 0.1) is 0 Å². The highest BCUT2D eigenvalue weighted by Gasteiger charge is 2.52. The average molecular weight is 396 g/mol. The minimum atomic E-state index is -0.528. The molecular weight excluding hydrogens is 367 g/mol. The molecule has 0 bridgehead atoms. The molecule has 29 heavy (non-hydrogen) atoms. The Labute approximate surface area is 173 Å². The zero-order valence-corrected chi connectivity index (χ0v) is 17.9. The van der Waals surface area contributed by atoms with Crippen molar-refractivity contribution in [3.05, 3.63) is 59.7 Å². The number of rotatable bonds is 7. The Hall–Kier alpha value is -2.31. The number of hydrogen-bond donors (Lipinski definition) is 0. The van der Waals surface area contributed by atoms with Gasteiger partial charge in [0.05, 0.1) is 17.8 Å². The van der Waals surface area contributed by atoms with E-state index in [0.29, 0.717) is 19.6 Å². The molecule has 0 N–H and O–H groups in total. The number of ether oxygens (including phenoxy) is 2. The van der Waals surface area contributed by atoms with Crippen LogP contribution in [0.3, 0.4) is 0 Å². The van der Waals surface area contributed by atoms with Crippen LogP contribution in [0.2, 0.25) is 0 Å². The standard InChI is InChI=1S/C23H29BO5/c1-17(25)26-15-14-19-12-9-13-20(24-28-22(2,3)23(4,5)29-24)21(19)27-16-18-10-7-6-8-11-18/h6-13H,14-16H2,1-5H3. The van der Waals surface area contributed by atoms with E-state index in [1.807, 2.05) is 76.2 Å². The third-order valence-electron chi connectivity index (χ3n) is 5.54. The molecule has 0 amide bonds. The van der Waals surface area contributed by atoms with Crippen LogP contribution in [0.1, 0.15) is 45.7 Å². The number of esters is 1. The average Bonchev–Trinajstić information content (AvgIpc) is 2.88. The molecule has 1 saturated heterocycles. The molecule has 0 unspecified atom stereocenters. The van der Waals surface area contributed by atoms with Gasteiger partial charge in [0.1, 0.15) is 12.4 Å². The molecule has 3 rings (SSSR count). The number of para-hydroxylation sites is 1. The van der Waals surface area contributed by atoms with Gasteiger partial charge in [-0.3, -0.25) is 4.79 Å². The molecule has 0 atom stereocenters. The lowest BCUT2D eigenvalue weighted by Gasteiger charge is -2.32. The van der Waals surface area contributed by atoms with Crippen LogP contribution < -0.4 is 10.2 Å². The van der Waals surface area contributed by atoms with Gasteiger partial charge in [0.15, 0.2) is 0 Å². The Balaban J connectivity index is 1.89. The number of carbonyl (C=O) groups is 1. The maximum absolute atomic E-state index is 11.2.